The van der Waals surface area contributed by atoms with Crippen molar-refractivity contribution in [1.29, 1.82) is 0 Å². The van der Waals surface area contributed by atoms with Crippen LogP contribution in [0.1, 0.15) is 24.1 Å². The van der Waals surface area contributed by atoms with Gasteiger partial charge in [0, 0.05) is 4.47 Å². The monoisotopic (exact) mass is 239 g/mol. The third-order valence-electron chi connectivity index (χ3n) is 1.92. The molecule has 0 bridgehead atoms. The third-order valence-corrected chi connectivity index (χ3v) is 2.78. The van der Waals surface area contributed by atoms with Gasteiger partial charge in [-0.25, -0.2) is 4.79 Å². The van der Waals surface area contributed by atoms with Gasteiger partial charge < -0.3 is 0 Å². The van der Waals surface area contributed by atoms with E-state index in [1.807, 2.05) is 32.0 Å². The Morgan fingerprint density at radius 1 is 1.54 bits per heavy atom. The van der Waals surface area contributed by atoms with Crippen molar-refractivity contribution in [3.63, 3.8) is 0 Å². The van der Waals surface area contributed by atoms with Gasteiger partial charge in [-0.05, 0) is 31.0 Å². The molecule has 68 valence electrons. The highest BCUT2D eigenvalue weighted by Crippen LogP contribution is 2.23. The van der Waals surface area contributed by atoms with E-state index in [-0.39, 0.29) is 6.04 Å². The Labute approximate surface area is 85.8 Å². The van der Waals surface area contributed by atoms with Crippen molar-refractivity contribution in [2.45, 2.75) is 19.9 Å². The van der Waals surface area contributed by atoms with E-state index in [9.17, 15) is 4.79 Å². The van der Waals surface area contributed by atoms with Crippen LogP contribution < -0.4 is 0 Å². The smallest absolute Gasteiger partial charge is 0.211 e. The largest absolute Gasteiger partial charge is 0.235 e. The molecule has 1 unspecified atom stereocenters. The van der Waals surface area contributed by atoms with Crippen LogP contribution in [0.5, 0.6) is 0 Å². The lowest BCUT2D eigenvalue weighted by atomic mass is 10.1. The van der Waals surface area contributed by atoms with Crippen LogP contribution in [-0.4, -0.2) is 6.08 Å². The zero-order valence-corrected chi connectivity index (χ0v) is 9.13. The third kappa shape index (κ3) is 2.51. The van der Waals surface area contributed by atoms with Gasteiger partial charge in [0.05, 0.1) is 6.04 Å². The molecule has 0 spiro atoms. The fourth-order valence-electron chi connectivity index (χ4n) is 1.02. The van der Waals surface area contributed by atoms with Gasteiger partial charge in [-0.3, -0.25) is 0 Å². The maximum Gasteiger partial charge on any atom is 0.235 e. The maximum absolute atomic E-state index is 10.0. The second kappa shape index (κ2) is 4.35. The summed E-state index contributed by atoms with van der Waals surface area (Å²) in [6.07, 6.45) is 1.56. The molecule has 0 saturated carbocycles. The minimum Gasteiger partial charge on any atom is -0.211 e. The molecule has 0 aliphatic carbocycles. The van der Waals surface area contributed by atoms with Crippen LogP contribution in [0, 0.1) is 6.92 Å². The summed E-state index contributed by atoms with van der Waals surface area (Å²) in [6, 6.07) is 5.82. The van der Waals surface area contributed by atoms with E-state index in [1.165, 1.54) is 5.56 Å². The van der Waals surface area contributed by atoms with Gasteiger partial charge in [0.15, 0.2) is 0 Å². The molecule has 1 atom stereocenters. The summed E-state index contributed by atoms with van der Waals surface area (Å²) >= 11 is 3.43. The van der Waals surface area contributed by atoms with Crippen molar-refractivity contribution in [3.8, 4) is 0 Å². The highest BCUT2D eigenvalue weighted by atomic mass is 79.9. The van der Waals surface area contributed by atoms with E-state index in [4.69, 9.17) is 0 Å². The molecule has 3 heteroatoms. The summed E-state index contributed by atoms with van der Waals surface area (Å²) in [5.41, 5.74) is 2.19. The van der Waals surface area contributed by atoms with Crippen LogP contribution in [0.15, 0.2) is 27.7 Å². The van der Waals surface area contributed by atoms with Crippen molar-refractivity contribution in [1.82, 2.24) is 0 Å². The molecule has 1 rings (SSSR count). The number of hydrogen-bond donors (Lipinski definition) is 0. The summed E-state index contributed by atoms with van der Waals surface area (Å²) in [5, 5.41) is 0. The highest BCUT2D eigenvalue weighted by molar-refractivity contribution is 9.10. The second-order valence-corrected chi connectivity index (χ2v) is 3.76. The lowest BCUT2D eigenvalue weighted by Crippen LogP contribution is -1.89. The van der Waals surface area contributed by atoms with Gasteiger partial charge in [0.2, 0.25) is 6.08 Å². The van der Waals surface area contributed by atoms with E-state index in [2.05, 4.69) is 20.9 Å². The van der Waals surface area contributed by atoms with E-state index in [0.717, 1.165) is 10.0 Å². The quantitative estimate of drug-likeness (QED) is 0.576. The molecule has 0 N–H and O–H groups in total. The first kappa shape index (κ1) is 10.2. The van der Waals surface area contributed by atoms with Gasteiger partial charge in [0.25, 0.3) is 0 Å². The average molecular weight is 240 g/mol. The molecule has 0 amide bonds. The molecule has 13 heavy (non-hydrogen) atoms. The second-order valence-electron chi connectivity index (χ2n) is 2.90. The highest BCUT2D eigenvalue weighted by Gasteiger charge is 2.04. The van der Waals surface area contributed by atoms with Crippen molar-refractivity contribution in [2.24, 2.45) is 4.99 Å². The fourth-order valence-corrected chi connectivity index (χ4v) is 1.42. The van der Waals surface area contributed by atoms with E-state index in [1.54, 1.807) is 6.08 Å². The van der Waals surface area contributed by atoms with Crippen LogP contribution in [0.25, 0.3) is 0 Å². The summed E-state index contributed by atoms with van der Waals surface area (Å²) < 4.78 is 1.04. The van der Waals surface area contributed by atoms with Crippen LogP contribution in [0.2, 0.25) is 0 Å². The van der Waals surface area contributed by atoms with Crippen LogP contribution in [0.3, 0.4) is 0 Å². The summed E-state index contributed by atoms with van der Waals surface area (Å²) in [4.78, 5) is 13.7. The van der Waals surface area contributed by atoms with Gasteiger partial charge in [0.1, 0.15) is 0 Å². The van der Waals surface area contributed by atoms with Gasteiger partial charge in [-0.1, -0.05) is 28.1 Å². The first-order valence-corrected chi connectivity index (χ1v) is 4.77. The molecular formula is C10H10BrNO. The SMILES string of the molecule is Cc1ccc(C(C)N=C=O)cc1Br. The minimum atomic E-state index is -0.116. The minimum absolute atomic E-state index is 0.116. The number of isocyanates is 1. The number of aliphatic imine (C=N–C) groups is 1. The Bertz CT molecular complexity index is 356. The molecule has 0 radical (unpaired) electrons. The normalized spacial score (nSPS) is 11.9. The molecule has 1 aromatic rings. The molecule has 1 aromatic carbocycles. The Morgan fingerprint density at radius 2 is 2.23 bits per heavy atom. The standard InChI is InChI=1S/C10H10BrNO/c1-7-3-4-9(5-10(7)11)8(2)12-6-13/h3-5,8H,1-2H3. The molecule has 0 aliphatic rings. The Balaban J connectivity index is 3.03. The van der Waals surface area contributed by atoms with Gasteiger partial charge in [-0.2, -0.15) is 4.99 Å². The van der Waals surface area contributed by atoms with Gasteiger partial charge >= 0.3 is 0 Å². The topological polar surface area (TPSA) is 29.4 Å². The van der Waals surface area contributed by atoms with Crippen LogP contribution >= 0.6 is 15.9 Å². The summed E-state index contributed by atoms with van der Waals surface area (Å²) in [7, 11) is 0. The molecule has 0 aliphatic heterocycles. The molecule has 2 nitrogen and oxygen atoms in total. The first-order chi connectivity index (χ1) is 6.15. The zero-order valence-electron chi connectivity index (χ0n) is 7.54. The number of carbonyl (C=O) groups excluding carboxylic acids is 1. The number of rotatable bonds is 2. The number of aryl methyl sites for hydroxylation is 1. The number of hydrogen-bond acceptors (Lipinski definition) is 2. The van der Waals surface area contributed by atoms with Crippen molar-refractivity contribution >= 4 is 22.0 Å². The lowest BCUT2D eigenvalue weighted by molar-refractivity contribution is 0.559. The van der Waals surface area contributed by atoms with Gasteiger partial charge in [-0.15, -0.1) is 0 Å². The Morgan fingerprint density at radius 3 is 2.77 bits per heavy atom. The molecule has 0 aromatic heterocycles. The van der Waals surface area contributed by atoms with E-state index in [0.29, 0.717) is 0 Å². The average Bonchev–Trinajstić information content (AvgIpc) is 2.10. The predicted molar refractivity (Wildman–Crippen MR) is 55.4 cm³/mol. The molecule has 0 saturated heterocycles. The number of benzene rings is 1. The summed E-state index contributed by atoms with van der Waals surface area (Å²) in [6.45, 7) is 3.88. The zero-order chi connectivity index (χ0) is 9.84. The van der Waals surface area contributed by atoms with Crippen molar-refractivity contribution in [3.05, 3.63) is 33.8 Å². The molecule has 0 heterocycles. The number of nitrogens with zero attached hydrogens (tertiary/aromatic N) is 1. The number of halogens is 1. The maximum atomic E-state index is 10.0. The lowest BCUT2D eigenvalue weighted by Gasteiger charge is -2.06. The van der Waals surface area contributed by atoms with Crippen molar-refractivity contribution in [2.75, 3.05) is 0 Å². The first-order valence-electron chi connectivity index (χ1n) is 3.98. The van der Waals surface area contributed by atoms with Crippen LogP contribution in [0.4, 0.5) is 0 Å². The van der Waals surface area contributed by atoms with E-state index < -0.39 is 0 Å². The predicted octanol–water partition coefficient (Wildman–Crippen LogP) is 3.15. The Hall–Kier alpha value is -0.920. The Kier molecular flexibility index (Phi) is 3.40. The molecule has 0 fully saturated rings. The van der Waals surface area contributed by atoms with E-state index >= 15 is 0 Å². The van der Waals surface area contributed by atoms with Crippen molar-refractivity contribution < 1.29 is 4.79 Å². The molecular weight excluding hydrogens is 230 g/mol. The van der Waals surface area contributed by atoms with Crippen LogP contribution in [-0.2, 0) is 4.79 Å². The summed E-state index contributed by atoms with van der Waals surface area (Å²) in [5.74, 6) is 0. The fraction of sp³-hybridized carbons (Fsp3) is 0.300.